The summed E-state index contributed by atoms with van der Waals surface area (Å²) in [6.45, 7) is 0. The molecule has 0 radical (unpaired) electrons. The van der Waals surface area contributed by atoms with Crippen LogP contribution in [0, 0.1) is 0 Å². The van der Waals surface area contributed by atoms with E-state index in [1.807, 2.05) is 54.6 Å². The summed E-state index contributed by atoms with van der Waals surface area (Å²) in [5.41, 5.74) is 2.11. The van der Waals surface area contributed by atoms with Crippen molar-refractivity contribution in [3.8, 4) is 11.5 Å². The predicted octanol–water partition coefficient (Wildman–Crippen LogP) is 3.79. The highest BCUT2D eigenvalue weighted by molar-refractivity contribution is 5.80. The lowest BCUT2D eigenvalue weighted by Gasteiger charge is -1.98. The molecule has 2 aromatic rings. The summed E-state index contributed by atoms with van der Waals surface area (Å²) in [7, 11) is 3.31. The van der Waals surface area contributed by atoms with Gasteiger partial charge in [0.05, 0.1) is 14.2 Å². The van der Waals surface area contributed by atoms with Crippen LogP contribution in [0.5, 0.6) is 11.5 Å². The molecule has 0 spiro atoms. The third-order valence-corrected chi connectivity index (χ3v) is 2.81. The molecule has 2 rings (SSSR count). The molecule has 0 heterocycles. The quantitative estimate of drug-likeness (QED) is 0.772. The van der Waals surface area contributed by atoms with Crippen molar-refractivity contribution in [3.05, 3.63) is 65.9 Å². The summed E-state index contributed by atoms with van der Waals surface area (Å²) in [5, 5.41) is 0. The number of rotatable bonds is 5. The normalized spacial score (nSPS) is 11.1. The Morgan fingerprint density at radius 1 is 0.750 bits per heavy atom. The highest BCUT2D eigenvalue weighted by Crippen LogP contribution is 2.12. The molecule has 0 aromatic heterocycles. The van der Waals surface area contributed by atoms with Crippen LogP contribution in [0.3, 0.4) is 0 Å². The van der Waals surface area contributed by atoms with Gasteiger partial charge in [-0.2, -0.15) is 0 Å². The van der Waals surface area contributed by atoms with E-state index >= 15 is 0 Å². The first-order valence-corrected chi connectivity index (χ1v) is 6.29. The third kappa shape index (κ3) is 3.99. The first-order chi connectivity index (χ1) is 9.81. The van der Waals surface area contributed by atoms with Gasteiger partial charge < -0.3 is 9.47 Å². The van der Waals surface area contributed by atoms with Crippen LogP contribution in [0.1, 0.15) is 11.1 Å². The van der Waals surface area contributed by atoms with Gasteiger partial charge in [0.25, 0.3) is 0 Å². The molecular weight excluding hydrogens is 250 g/mol. The molecule has 0 aliphatic rings. The Kier molecular flexibility index (Phi) is 4.95. The van der Waals surface area contributed by atoms with Crippen LogP contribution in [0.2, 0.25) is 0 Å². The molecule has 0 fully saturated rings. The third-order valence-electron chi connectivity index (χ3n) is 2.81. The zero-order valence-corrected chi connectivity index (χ0v) is 11.6. The summed E-state index contributed by atoms with van der Waals surface area (Å²) in [6.07, 6.45) is 5.52. The van der Waals surface area contributed by atoms with Crippen LogP contribution in [-0.4, -0.2) is 20.4 Å². The van der Waals surface area contributed by atoms with Gasteiger partial charge in [0.1, 0.15) is 11.5 Å². The van der Waals surface area contributed by atoms with Gasteiger partial charge in [0, 0.05) is 12.4 Å². The van der Waals surface area contributed by atoms with E-state index in [9.17, 15) is 0 Å². The number of benzene rings is 2. The first kappa shape index (κ1) is 13.9. The van der Waals surface area contributed by atoms with Gasteiger partial charge in [-0.05, 0) is 53.6 Å². The molecule has 20 heavy (non-hydrogen) atoms. The van der Waals surface area contributed by atoms with Crippen molar-refractivity contribution in [2.75, 3.05) is 14.2 Å². The van der Waals surface area contributed by atoms with Crippen LogP contribution < -0.4 is 9.47 Å². The van der Waals surface area contributed by atoms with E-state index in [0.29, 0.717) is 0 Å². The Balaban J connectivity index is 1.95. The van der Waals surface area contributed by atoms with Crippen molar-refractivity contribution in [1.82, 2.24) is 0 Å². The van der Waals surface area contributed by atoms with Crippen molar-refractivity contribution in [2.45, 2.75) is 0 Å². The maximum Gasteiger partial charge on any atom is 0.118 e. The van der Waals surface area contributed by atoms with E-state index < -0.39 is 0 Å². The average Bonchev–Trinajstić information content (AvgIpc) is 2.53. The summed E-state index contributed by atoms with van der Waals surface area (Å²) in [5.74, 6) is 1.69. The van der Waals surface area contributed by atoms with E-state index in [2.05, 4.69) is 4.99 Å². The molecule has 0 atom stereocenters. The predicted molar refractivity (Wildman–Crippen MR) is 82.6 cm³/mol. The molecular formula is C17H17NO2. The second kappa shape index (κ2) is 7.14. The Morgan fingerprint density at radius 3 is 1.75 bits per heavy atom. The minimum absolute atomic E-state index is 0.843. The van der Waals surface area contributed by atoms with E-state index in [0.717, 1.165) is 22.6 Å². The minimum Gasteiger partial charge on any atom is -0.497 e. The van der Waals surface area contributed by atoms with Crippen LogP contribution in [-0.2, 0) is 0 Å². The van der Waals surface area contributed by atoms with Crippen LogP contribution in [0.25, 0.3) is 6.08 Å². The number of aliphatic imine (C=N–C) groups is 1. The number of nitrogens with zero attached hydrogens (tertiary/aromatic N) is 1. The summed E-state index contributed by atoms with van der Waals surface area (Å²) in [4.78, 5) is 4.26. The maximum absolute atomic E-state index is 5.11. The minimum atomic E-state index is 0.843. The average molecular weight is 267 g/mol. The second-order valence-corrected chi connectivity index (χ2v) is 4.14. The van der Waals surface area contributed by atoms with Crippen LogP contribution in [0.15, 0.2) is 59.7 Å². The number of hydrogen-bond acceptors (Lipinski definition) is 3. The molecule has 0 aliphatic carbocycles. The monoisotopic (exact) mass is 267 g/mol. The summed E-state index contributed by atoms with van der Waals surface area (Å²) < 4.78 is 10.2. The van der Waals surface area contributed by atoms with Crippen molar-refractivity contribution < 1.29 is 9.47 Å². The first-order valence-electron chi connectivity index (χ1n) is 6.29. The number of ether oxygens (including phenoxy) is 2. The molecule has 0 saturated heterocycles. The van der Waals surface area contributed by atoms with Gasteiger partial charge in [0.2, 0.25) is 0 Å². The molecule has 0 unspecified atom stereocenters. The smallest absolute Gasteiger partial charge is 0.118 e. The Labute approximate surface area is 119 Å². The SMILES string of the molecule is COc1ccc(C=N/C=C\c2ccc(OC)cc2)cc1. The lowest BCUT2D eigenvalue weighted by atomic mass is 10.2. The highest BCUT2D eigenvalue weighted by Gasteiger charge is 1.90. The molecule has 0 N–H and O–H groups in total. The Hall–Kier alpha value is -2.55. The second-order valence-electron chi connectivity index (χ2n) is 4.14. The molecule has 0 saturated carbocycles. The largest absolute Gasteiger partial charge is 0.497 e. The molecule has 102 valence electrons. The van der Waals surface area contributed by atoms with Gasteiger partial charge in [-0.1, -0.05) is 12.1 Å². The molecule has 0 aliphatic heterocycles. The number of methoxy groups -OCH3 is 2. The van der Waals surface area contributed by atoms with Gasteiger partial charge in [0.15, 0.2) is 0 Å². The molecule has 0 amide bonds. The topological polar surface area (TPSA) is 30.8 Å². The Morgan fingerprint density at radius 2 is 1.25 bits per heavy atom. The fraction of sp³-hybridized carbons (Fsp3) is 0.118. The molecule has 3 nitrogen and oxygen atoms in total. The summed E-state index contributed by atoms with van der Waals surface area (Å²) >= 11 is 0. The van der Waals surface area contributed by atoms with E-state index in [-0.39, 0.29) is 0 Å². The fourth-order valence-electron chi connectivity index (χ4n) is 1.66. The number of hydrogen-bond donors (Lipinski definition) is 0. The van der Waals surface area contributed by atoms with Crippen molar-refractivity contribution in [1.29, 1.82) is 0 Å². The van der Waals surface area contributed by atoms with E-state index in [1.165, 1.54) is 0 Å². The van der Waals surface area contributed by atoms with Crippen LogP contribution >= 0.6 is 0 Å². The summed E-state index contributed by atoms with van der Waals surface area (Å²) in [6, 6.07) is 15.6. The maximum atomic E-state index is 5.11. The Bertz CT molecular complexity index is 528. The van der Waals surface area contributed by atoms with Gasteiger partial charge in [-0.3, -0.25) is 4.99 Å². The lowest BCUT2D eigenvalue weighted by Crippen LogP contribution is -1.84. The standard InChI is InChI=1S/C17H17NO2/c1-19-16-7-3-14(4-8-16)11-12-18-13-15-5-9-17(20-2)10-6-15/h3-13H,1-2H3/b12-11-,18-13?. The van der Waals surface area contributed by atoms with E-state index in [1.54, 1.807) is 26.6 Å². The van der Waals surface area contributed by atoms with E-state index in [4.69, 9.17) is 9.47 Å². The fourth-order valence-corrected chi connectivity index (χ4v) is 1.66. The zero-order chi connectivity index (χ0) is 14.2. The van der Waals surface area contributed by atoms with Crippen molar-refractivity contribution >= 4 is 12.3 Å². The van der Waals surface area contributed by atoms with Crippen molar-refractivity contribution in [2.24, 2.45) is 4.99 Å². The molecule has 2 aromatic carbocycles. The van der Waals surface area contributed by atoms with Crippen LogP contribution in [0.4, 0.5) is 0 Å². The molecule has 0 bridgehead atoms. The highest BCUT2D eigenvalue weighted by atomic mass is 16.5. The molecule has 3 heteroatoms. The van der Waals surface area contributed by atoms with Gasteiger partial charge >= 0.3 is 0 Å². The van der Waals surface area contributed by atoms with Gasteiger partial charge in [-0.15, -0.1) is 0 Å². The lowest BCUT2D eigenvalue weighted by molar-refractivity contribution is 0.414. The zero-order valence-electron chi connectivity index (χ0n) is 11.6. The van der Waals surface area contributed by atoms with Crippen molar-refractivity contribution in [3.63, 3.8) is 0 Å². The van der Waals surface area contributed by atoms with Gasteiger partial charge in [-0.25, -0.2) is 0 Å².